The molecule has 2 saturated heterocycles. The Morgan fingerprint density at radius 1 is 0.795 bits per heavy atom. The Hall–Kier alpha value is -3.42. The van der Waals surface area contributed by atoms with E-state index < -0.39 is 0 Å². The highest BCUT2D eigenvalue weighted by Gasteiger charge is 2.37. The molecule has 0 saturated carbocycles. The zero-order chi connectivity index (χ0) is 30.0. The van der Waals surface area contributed by atoms with Crippen LogP contribution in [0.3, 0.4) is 0 Å². The molecule has 7 heteroatoms. The van der Waals surface area contributed by atoms with Crippen molar-refractivity contribution in [3.63, 3.8) is 0 Å². The number of aryl methyl sites for hydroxylation is 1. The van der Waals surface area contributed by atoms with Crippen LogP contribution in [0.2, 0.25) is 0 Å². The van der Waals surface area contributed by atoms with Crippen LogP contribution in [0.4, 0.5) is 0 Å². The summed E-state index contributed by atoms with van der Waals surface area (Å²) in [5.74, 6) is 1.88. The first-order valence-corrected chi connectivity index (χ1v) is 16.7. The lowest BCUT2D eigenvalue weighted by Crippen LogP contribution is -2.49. The molecule has 0 bridgehead atoms. The third-order valence-electron chi connectivity index (χ3n) is 9.80. The summed E-state index contributed by atoms with van der Waals surface area (Å²) >= 11 is 0. The lowest BCUT2D eigenvalue weighted by molar-refractivity contribution is -0.136. The maximum Gasteiger partial charge on any atom is 0.260 e. The van der Waals surface area contributed by atoms with Gasteiger partial charge in [-0.1, -0.05) is 42.8 Å². The second kappa shape index (κ2) is 15.0. The second-order valence-electron chi connectivity index (χ2n) is 13.0. The van der Waals surface area contributed by atoms with E-state index in [-0.39, 0.29) is 17.9 Å². The highest BCUT2D eigenvalue weighted by atomic mass is 16.5. The Bertz CT molecular complexity index is 1320. The molecule has 6 rings (SSSR count). The van der Waals surface area contributed by atoms with Crippen LogP contribution in [0.5, 0.6) is 11.5 Å². The molecular formula is C37H48N4O3. The molecule has 4 heterocycles. The van der Waals surface area contributed by atoms with Crippen molar-refractivity contribution in [3.8, 4) is 11.5 Å². The zero-order valence-electron chi connectivity index (χ0n) is 26.2. The maximum absolute atomic E-state index is 13.2. The number of carbonyl (C=O) groups is 1. The number of aromatic nitrogens is 1. The van der Waals surface area contributed by atoms with Gasteiger partial charge in [0.25, 0.3) is 5.91 Å². The minimum Gasteiger partial charge on any atom is -0.492 e. The zero-order valence-corrected chi connectivity index (χ0v) is 26.2. The van der Waals surface area contributed by atoms with Gasteiger partial charge in [0.1, 0.15) is 18.1 Å². The molecule has 0 atom stereocenters. The van der Waals surface area contributed by atoms with E-state index in [1.54, 1.807) is 0 Å². The number of amides is 1. The molecule has 0 unspecified atom stereocenters. The number of hydrogen-bond acceptors (Lipinski definition) is 6. The van der Waals surface area contributed by atoms with Crippen LogP contribution in [0.1, 0.15) is 61.6 Å². The average Bonchev–Trinajstić information content (AvgIpc) is 3.57. The summed E-state index contributed by atoms with van der Waals surface area (Å²) in [7, 11) is 0. The number of rotatable bonds is 7. The number of likely N-dealkylation sites (tertiary alicyclic amines) is 2. The van der Waals surface area contributed by atoms with Crippen molar-refractivity contribution in [2.75, 3.05) is 52.5 Å². The predicted octanol–water partition coefficient (Wildman–Crippen LogP) is 5.97. The maximum atomic E-state index is 13.2. The van der Waals surface area contributed by atoms with Gasteiger partial charge in [0.15, 0.2) is 6.61 Å². The molecule has 3 aromatic rings. The third kappa shape index (κ3) is 8.39. The number of hydrogen-bond donors (Lipinski definition) is 0. The SMILES string of the molecule is O=C(COc1ccc(CN2CCCC2)cc1)N1CCC2(CCCCc3ccccc3OCCN(Cc3cccnc3)C2)CC1. The van der Waals surface area contributed by atoms with Gasteiger partial charge < -0.3 is 14.4 Å². The van der Waals surface area contributed by atoms with Gasteiger partial charge in [-0.25, -0.2) is 0 Å². The molecule has 0 radical (unpaired) electrons. The van der Waals surface area contributed by atoms with E-state index in [1.807, 2.05) is 35.5 Å². The molecule has 1 amide bonds. The molecule has 234 valence electrons. The van der Waals surface area contributed by atoms with E-state index in [1.165, 1.54) is 55.5 Å². The summed E-state index contributed by atoms with van der Waals surface area (Å²) < 4.78 is 12.3. The smallest absolute Gasteiger partial charge is 0.260 e. The van der Waals surface area contributed by atoms with E-state index in [0.717, 1.165) is 76.5 Å². The number of nitrogens with zero attached hydrogens (tertiary/aromatic N) is 4. The van der Waals surface area contributed by atoms with Gasteiger partial charge in [-0.05, 0) is 104 Å². The van der Waals surface area contributed by atoms with Crippen LogP contribution in [0.15, 0.2) is 73.1 Å². The summed E-state index contributed by atoms with van der Waals surface area (Å²) in [4.78, 5) is 24.7. The van der Waals surface area contributed by atoms with Crippen LogP contribution in [0, 0.1) is 5.41 Å². The fourth-order valence-corrected chi connectivity index (χ4v) is 7.23. The van der Waals surface area contributed by atoms with Crippen molar-refractivity contribution in [1.29, 1.82) is 0 Å². The van der Waals surface area contributed by atoms with Crippen molar-refractivity contribution in [2.45, 2.75) is 64.5 Å². The predicted molar refractivity (Wildman–Crippen MR) is 174 cm³/mol. The molecule has 44 heavy (non-hydrogen) atoms. The first kappa shape index (κ1) is 30.6. The summed E-state index contributed by atoms with van der Waals surface area (Å²) in [6.45, 7) is 8.44. The standard InChI is InChI=1S/C37H48N4O3/c42-36(29-44-34-14-12-31(13-15-34)27-39-20-5-6-21-39)41-22-17-37(18-23-41)16-4-3-10-33-9-1-2-11-35(33)43-25-24-40(30-37)28-32-8-7-19-38-26-32/h1-2,7-9,11-15,19,26H,3-6,10,16-18,20-25,27-30H2. The van der Waals surface area contributed by atoms with Gasteiger partial charge in [0, 0.05) is 51.7 Å². The van der Waals surface area contributed by atoms with Gasteiger partial charge in [0.2, 0.25) is 0 Å². The van der Waals surface area contributed by atoms with Gasteiger partial charge in [-0.3, -0.25) is 19.6 Å². The average molecular weight is 597 g/mol. The Morgan fingerprint density at radius 2 is 1.59 bits per heavy atom. The molecule has 3 aliphatic rings. The largest absolute Gasteiger partial charge is 0.492 e. The summed E-state index contributed by atoms with van der Waals surface area (Å²) in [6.07, 6.45) is 13.0. The van der Waals surface area contributed by atoms with Crippen molar-refractivity contribution < 1.29 is 14.3 Å². The number of pyridine rings is 1. The van der Waals surface area contributed by atoms with E-state index in [2.05, 4.69) is 57.2 Å². The van der Waals surface area contributed by atoms with Crippen molar-refractivity contribution >= 4 is 5.91 Å². The normalized spacial score (nSPS) is 19.9. The molecule has 2 fully saturated rings. The van der Waals surface area contributed by atoms with E-state index >= 15 is 0 Å². The fourth-order valence-electron chi connectivity index (χ4n) is 7.23. The molecule has 1 aromatic heterocycles. The molecule has 1 spiro atoms. The van der Waals surface area contributed by atoms with Crippen LogP contribution < -0.4 is 9.47 Å². The number of benzene rings is 2. The Morgan fingerprint density at radius 3 is 2.39 bits per heavy atom. The van der Waals surface area contributed by atoms with Gasteiger partial charge >= 0.3 is 0 Å². The number of fused-ring (bicyclic) bond motifs is 1. The molecule has 0 N–H and O–H groups in total. The topological polar surface area (TPSA) is 58.1 Å². The number of ether oxygens (including phenoxy) is 2. The molecular weight excluding hydrogens is 548 g/mol. The Balaban J connectivity index is 1.06. The molecule has 0 aliphatic carbocycles. The molecule has 7 nitrogen and oxygen atoms in total. The molecule has 3 aliphatic heterocycles. The van der Waals surface area contributed by atoms with E-state index in [0.29, 0.717) is 6.61 Å². The van der Waals surface area contributed by atoms with Crippen molar-refractivity contribution in [3.05, 3.63) is 89.7 Å². The van der Waals surface area contributed by atoms with Crippen LogP contribution in [-0.4, -0.2) is 78.1 Å². The van der Waals surface area contributed by atoms with Crippen LogP contribution >= 0.6 is 0 Å². The van der Waals surface area contributed by atoms with Gasteiger partial charge in [0.05, 0.1) is 0 Å². The lowest BCUT2D eigenvalue weighted by Gasteiger charge is -2.45. The Labute approximate surface area is 263 Å². The van der Waals surface area contributed by atoms with E-state index in [4.69, 9.17) is 9.47 Å². The van der Waals surface area contributed by atoms with Gasteiger partial charge in [-0.2, -0.15) is 0 Å². The fraction of sp³-hybridized carbons (Fsp3) is 0.514. The number of piperidine rings is 1. The first-order chi connectivity index (χ1) is 21.6. The van der Waals surface area contributed by atoms with Crippen LogP contribution in [-0.2, 0) is 24.3 Å². The van der Waals surface area contributed by atoms with Gasteiger partial charge in [-0.15, -0.1) is 0 Å². The Kier molecular flexibility index (Phi) is 10.5. The second-order valence-corrected chi connectivity index (χ2v) is 13.0. The summed E-state index contributed by atoms with van der Waals surface area (Å²) in [5, 5.41) is 0. The molecule has 2 aromatic carbocycles. The lowest BCUT2D eigenvalue weighted by atomic mass is 9.73. The number of carbonyl (C=O) groups excluding carboxylic acids is 1. The third-order valence-corrected chi connectivity index (χ3v) is 9.80. The van der Waals surface area contributed by atoms with Crippen molar-refractivity contribution in [1.82, 2.24) is 19.7 Å². The van der Waals surface area contributed by atoms with Crippen LogP contribution in [0.25, 0.3) is 0 Å². The number of para-hydroxylation sites is 1. The minimum absolute atomic E-state index is 0.0892. The summed E-state index contributed by atoms with van der Waals surface area (Å²) in [6, 6.07) is 21.0. The highest BCUT2D eigenvalue weighted by molar-refractivity contribution is 5.77. The van der Waals surface area contributed by atoms with E-state index in [9.17, 15) is 4.79 Å². The first-order valence-electron chi connectivity index (χ1n) is 16.7. The monoisotopic (exact) mass is 596 g/mol. The quantitative estimate of drug-likeness (QED) is 0.335. The van der Waals surface area contributed by atoms with Crippen molar-refractivity contribution in [2.24, 2.45) is 5.41 Å². The summed E-state index contributed by atoms with van der Waals surface area (Å²) in [5.41, 5.74) is 4.02. The minimum atomic E-state index is 0.0892. The highest BCUT2D eigenvalue weighted by Crippen LogP contribution is 2.39.